The van der Waals surface area contributed by atoms with Crippen molar-refractivity contribution in [1.82, 2.24) is 0 Å². The van der Waals surface area contributed by atoms with Gasteiger partial charge >= 0.3 is 0 Å². The summed E-state index contributed by atoms with van der Waals surface area (Å²) in [5.74, 6) is -0.103. The maximum atomic E-state index is 12.8. The molecule has 0 saturated carbocycles. The predicted molar refractivity (Wildman–Crippen MR) is 97.2 cm³/mol. The average Bonchev–Trinajstić information content (AvgIpc) is 2.71. The fraction of sp³-hybridized carbons (Fsp3) is 0.263. The molecule has 0 aliphatic carbocycles. The van der Waals surface area contributed by atoms with Crippen molar-refractivity contribution in [1.29, 1.82) is 0 Å². The van der Waals surface area contributed by atoms with Gasteiger partial charge in [0.1, 0.15) is 6.04 Å². The Labute approximate surface area is 146 Å². The van der Waals surface area contributed by atoms with Crippen LogP contribution in [-0.2, 0) is 4.79 Å². The number of nitro benzene ring substituents is 1. The fourth-order valence-electron chi connectivity index (χ4n) is 2.96. The summed E-state index contributed by atoms with van der Waals surface area (Å²) in [5, 5.41) is 11.2. The van der Waals surface area contributed by atoms with Gasteiger partial charge < -0.3 is 4.90 Å². The maximum absolute atomic E-state index is 12.8. The number of hydrogen-bond acceptors (Lipinski definition) is 4. The number of nitrogens with zero attached hydrogens (tertiary/aromatic N) is 3. The lowest BCUT2D eigenvalue weighted by Gasteiger charge is -2.22. The van der Waals surface area contributed by atoms with Crippen LogP contribution in [0.15, 0.2) is 53.5 Å². The molecule has 1 heterocycles. The number of aliphatic imine (C=N–C) groups is 1. The Balaban J connectivity index is 2.30. The molecule has 1 unspecified atom stereocenters. The first kappa shape index (κ1) is 16.8. The Morgan fingerprint density at radius 3 is 2.44 bits per heavy atom. The number of amides is 1. The van der Waals surface area contributed by atoms with Gasteiger partial charge in [-0.25, -0.2) is 0 Å². The highest BCUT2D eigenvalue weighted by Crippen LogP contribution is 2.32. The van der Waals surface area contributed by atoms with Crippen molar-refractivity contribution in [2.75, 3.05) is 11.9 Å². The summed E-state index contributed by atoms with van der Waals surface area (Å²) in [6, 6.07) is 13.5. The Morgan fingerprint density at radius 2 is 1.84 bits per heavy atom. The SMILES string of the molecule is CC(C)C1N=C(c2ccccc2)c2cc([N+](=O)[O-])ccc2N(C)C1=O. The second-order valence-electron chi connectivity index (χ2n) is 6.39. The molecule has 1 aliphatic rings. The molecule has 0 fully saturated rings. The van der Waals surface area contributed by atoms with Gasteiger partial charge in [-0.15, -0.1) is 0 Å². The molecule has 1 atom stereocenters. The number of hydrogen-bond donors (Lipinski definition) is 0. The number of carbonyl (C=O) groups is 1. The summed E-state index contributed by atoms with van der Waals surface area (Å²) in [4.78, 5) is 29.9. The van der Waals surface area contributed by atoms with Crippen LogP contribution in [0.2, 0.25) is 0 Å². The number of anilines is 1. The second kappa shape index (κ2) is 6.47. The largest absolute Gasteiger partial charge is 0.313 e. The zero-order valence-electron chi connectivity index (χ0n) is 14.3. The van der Waals surface area contributed by atoms with Crippen LogP contribution < -0.4 is 4.90 Å². The molecule has 1 aliphatic heterocycles. The van der Waals surface area contributed by atoms with Crippen molar-refractivity contribution in [2.45, 2.75) is 19.9 Å². The van der Waals surface area contributed by atoms with Crippen LogP contribution in [0.4, 0.5) is 11.4 Å². The van der Waals surface area contributed by atoms with Gasteiger partial charge in [0.25, 0.3) is 11.6 Å². The van der Waals surface area contributed by atoms with Gasteiger partial charge in [0.15, 0.2) is 0 Å². The first-order valence-electron chi connectivity index (χ1n) is 8.09. The molecule has 0 N–H and O–H groups in total. The molecule has 128 valence electrons. The number of non-ortho nitro benzene ring substituents is 1. The van der Waals surface area contributed by atoms with Crippen LogP contribution in [0.5, 0.6) is 0 Å². The fourth-order valence-corrected chi connectivity index (χ4v) is 2.96. The van der Waals surface area contributed by atoms with Crippen molar-refractivity contribution in [3.05, 3.63) is 69.8 Å². The van der Waals surface area contributed by atoms with Crippen molar-refractivity contribution in [2.24, 2.45) is 10.9 Å². The summed E-state index contributed by atoms with van der Waals surface area (Å²) < 4.78 is 0. The van der Waals surface area contributed by atoms with E-state index in [9.17, 15) is 14.9 Å². The minimum Gasteiger partial charge on any atom is -0.313 e. The second-order valence-corrected chi connectivity index (χ2v) is 6.39. The average molecular weight is 337 g/mol. The van der Waals surface area contributed by atoms with Crippen LogP contribution in [0.3, 0.4) is 0 Å². The van der Waals surface area contributed by atoms with Crippen LogP contribution in [0, 0.1) is 16.0 Å². The standard InChI is InChI=1S/C19H19N3O3/c1-12(2)17-19(23)21(3)16-10-9-14(22(24)25)11-15(16)18(20-17)13-7-5-4-6-8-13/h4-12,17H,1-3H3. The van der Waals surface area contributed by atoms with E-state index in [2.05, 4.69) is 0 Å². The predicted octanol–water partition coefficient (Wildman–Crippen LogP) is 3.43. The highest BCUT2D eigenvalue weighted by molar-refractivity contribution is 6.20. The van der Waals surface area contributed by atoms with Crippen molar-refractivity contribution in [3.63, 3.8) is 0 Å². The number of likely N-dealkylation sites (N-methyl/N-ethyl adjacent to an activating group) is 1. The number of rotatable bonds is 3. The van der Waals surface area contributed by atoms with Gasteiger partial charge in [-0.3, -0.25) is 19.9 Å². The van der Waals surface area contributed by atoms with Gasteiger partial charge in [0, 0.05) is 30.3 Å². The molecule has 0 spiro atoms. The third kappa shape index (κ3) is 3.03. The minimum absolute atomic E-state index is 0.0120. The highest BCUT2D eigenvalue weighted by Gasteiger charge is 2.32. The zero-order chi connectivity index (χ0) is 18.1. The summed E-state index contributed by atoms with van der Waals surface area (Å²) >= 11 is 0. The monoisotopic (exact) mass is 337 g/mol. The Hall–Kier alpha value is -3.02. The molecule has 1 amide bonds. The first-order chi connectivity index (χ1) is 11.9. The molecule has 6 heteroatoms. The summed E-state index contributed by atoms with van der Waals surface area (Å²) in [6.07, 6.45) is 0. The summed E-state index contributed by atoms with van der Waals surface area (Å²) in [6.45, 7) is 3.89. The molecule has 0 radical (unpaired) electrons. The summed E-state index contributed by atoms with van der Waals surface area (Å²) in [5.41, 5.74) is 2.64. The third-order valence-corrected chi connectivity index (χ3v) is 4.34. The number of carbonyl (C=O) groups excluding carboxylic acids is 1. The topological polar surface area (TPSA) is 75.8 Å². The number of nitro groups is 1. The van der Waals surface area contributed by atoms with Crippen LogP contribution in [0.1, 0.15) is 25.0 Å². The van der Waals surface area contributed by atoms with E-state index in [1.807, 2.05) is 44.2 Å². The van der Waals surface area contributed by atoms with E-state index in [1.165, 1.54) is 12.1 Å². The van der Waals surface area contributed by atoms with Crippen molar-refractivity contribution in [3.8, 4) is 0 Å². The van der Waals surface area contributed by atoms with E-state index in [-0.39, 0.29) is 17.5 Å². The molecule has 2 aromatic rings. The lowest BCUT2D eigenvalue weighted by molar-refractivity contribution is -0.384. The van der Waals surface area contributed by atoms with Crippen molar-refractivity contribution < 1.29 is 9.72 Å². The Morgan fingerprint density at radius 1 is 1.16 bits per heavy atom. The van der Waals surface area contributed by atoms with E-state index in [1.54, 1.807) is 18.0 Å². The smallest absolute Gasteiger partial charge is 0.270 e. The highest BCUT2D eigenvalue weighted by atomic mass is 16.6. The number of fused-ring (bicyclic) bond motifs is 1. The molecule has 0 aromatic heterocycles. The zero-order valence-corrected chi connectivity index (χ0v) is 14.3. The van der Waals surface area contributed by atoms with Crippen LogP contribution in [-0.4, -0.2) is 29.6 Å². The van der Waals surface area contributed by atoms with E-state index in [0.29, 0.717) is 17.0 Å². The molecule has 25 heavy (non-hydrogen) atoms. The van der Waals surface area contributed by atoms with Gasteiger partial charge in [-0.1, -0.05) is 44.2 Å². The molecule has 2 aromatic carbocycles. The van der Waals surface area contributed by atoms with Crippen LogP contribution in [0.25, 0.3) is 0 Å². The quantitative estimate of drug-likeness (QED) is 0.636. The molecular weight excluding hydrogens is 318 g/mol. The Bertz CT molecular complexity index is 859. The van der Waals surface area contributed by atoms with E-state index in [4.69, 9.17) is 4.99 Å². The van der Waals surface area contributed by atoms with Gasteiger partial charge in [0.05, 0.1) is 16.3 Å². The number of benzene rings is 2. The summed E-state index contributed by atoms with van der Waals surface area (Å²) in [7, 11) is 1.69. The third-order valence-electron chi connectivity index (χ3n) is 4.34. The molecule has 3 rings (SSSR count). The van der Waals surface area contributed by atoms with E-state index in [0.717, 1.165) is 5.56 Å². The lowest BCUT2D eigenvalue weighted by atomic mass is 9.99. The molecular formula is C19H19N3O3. The van der Waals surface area contributed by atoms with E-state index >= 15 is 0 Å². The van der Waals surface area contributed by atoms with Gasteiger partial charge in [-0.2, -0.15) is 0 Å². The minimum atomic E-state index is -0.535. The van der Waals surface area contributed by atoms with Gasteiger partial charge in [-0.05, 0) is 12.0 Å². The molecule has 0 bridgehead atoms. The molecule has 6 nitrogen and oxygen atoms in total. The first-order valence-corrected chi connectivity index (χ1v) is 8.09. The lowest BCUT2D eigenvalue weighted by Crippen LogP contribution is -2.37. The maximum Gasteiger partial charge on any atom is 0.270 e. The number of benzodiazepines with no additional fused rings is 1. The molecule has 0 saturated heterocycles. The van der Waals surface area contributed by atoms with Crippen molar-refractivity contribution >= 4 is 23.0 Å². The van der Waals surface area contributed by atoms with Gasteiger partial charge in [0.2, 0.25) is 0 Å². The van der Waals surface area contributed by atoms with E-state index < -0.39 is 11.0 Å². The Kier molecular flexibility index (Phi) is 4.35. The normalized spacial score (nSPS) is 17.1. The van der Waals surface area contributed by atoms with Crippen LogP contribution >= 0.6 is 0 Å².